The number of hydrogen-bond acceptors (Lipinski definition) is 2. The smallest absolute Gasteiger partial charge is 0.117 e. The molecule has 0 aromatic rings. The highest BCUT2D eigenvalue weighted by Gasteiger charge is 1.88. The predicted octanol–water partition coefficient (Wildman–Crippen LogP) is 1.18. The van der Waals surface area contributed by atoms with Gasteiger partial charge in [0.05, 0.1) is 7.11 Å². The molecule has 0 rings (SSSR count). The molecule has 48 valence electrons. The quantitative estimate of drug-likeness (QED) is 0.515. The molecule has 0 fully saturated rings. The van der Waals surface area contributed by atoms with Crippen molar-refractivity contribution >= 4 is 0 Å². The van der Waals surface area contributed by atoms with E-state index in [9.17, 15) is 0 Å². The Morgan fingerprint density at radius 2 is 2.12 bits per heavy atom. The molecule has 0 radical (unpaired) electrons. The Balaban J connectivity index is 3.38. The van der Waals surface area contributed by atoms with Crippen LogP contribution in [-0.2, 0) is 9.47 Å². The molecule has 0 atom stereocenters. The first-order chi connectivity index (χ1) is 3.85. The molecule has 0 saturated carbocycles. The highest BCUT2D eigenvalue weighted by molar-refractivity contribution is 4.89. The molecule has 0 bridgehead atoms. The summed E-state index contributed by atoms with van der Waals surface area (Å²) in [5, 5.41) is 0. The Labute approximate surface area is 50.1 Å². The van der Waals surface area contributed by atoms with Crippen LogP contribution in [0.15, 0.2) is 11.8 Å². The SMILES string of the molecule is C/C=C(\COC)OC. The molecular weight excluding hydrogens is 104 g/mol. The van der Waals surface area contributed by atoms with Crippen molar-refractivity contribution in [2.75, 3.05) is 20.8 Å². The zero-order valence-corrected chi connectivity index (χ0v) is 5.60. The third-order valence-corrected chi connectivity index (χ3v) is 0.871. The first-order valence-corrected chi connectivity index (χ1v) is 2.53. The Morgan fingerprint density at radius 1 is 1.50 bits per heavy atom. The number of hydrogen-bond donors (Lipinski definition) is 0. The molecule has 0 N–H and O–H groups in total. The van der Waals surface area contributed by atoms with Gasteiger partial charge in [0.15, 0.2) is 0 Å². The van der Waals surface area contributed by atoms with Crippen molar-refractivity contribution in [2.45, 2.75) is 6.92 Å². The predicted molar refractivity (Wildman–Crippen MR) is 32.6 cm³/mol. The van der Waals surface area contributed by atoms with Gasteiger partial charge in [0.25, 0.3) is 0 Å². The van der Waals surface area contributed by atoms with Crippen molar-refractivity contribution in [1.29, 1.82) is 0 Å². The summed E-state index contributed by atoms with van der Waals surface area (Å²) in [4.78, 5) is 0. The monoisotopic (exact) mass is 116 g/mol. The first kappa shape index (κ1) is 7.50. The van der Waals surface area contributed by atoms with Crippen molar-refractivity contribution < 1.29 is 9.47 Å². The maximum Gasteiger partial charge on any atom is 0.117 e. The van der Waals surface area contributed by atoms with Crippen LogP contribution in [-0.4, -0.2) is 20.8 Å². The summed E-state index contributed by atoms with van der Waals surface area (Å²) >= 11 is 0. The Hall–Kier alpha value is -0.500. The van der Waals surface area contributed by atoms with Gasteiger partial charge < -0.3 is 9.47 Å². The van der Waals surface area contributed by atoms with Gasteiger partial charge in [-0.05, 0) is 13.0 Å². The van der Waals surface area contributed by atoms with Crippen molar-refractivity contribution in [2.24, 2.45) is 0 Å². The van der Waals surface area contributed by atoms with E-state index in [0.29, 0.717) is 6.61 Å². The Morgan fingerprint density at radius 3 is 2.25 bits per heavy atom. The summed E-state index contributed by atoms with van der Waals surface area (Å²) in [6.45, 7) is 2.48. The molecular formula is C6H12O2. The van der Waals surface area contributed by atoms with Gasteiger partial charge >= 0.3 is 0 Å². The van der Waals surface area contributed by atoms with Crippen LogP contribution in [0.5, 0.6) is 0 Å². The van der Waals surface area contributed by atoms with E-state index in [4.69, 9.17) is 9.47 Å². The van der Waals surface area contributed by atoms with Gasteiger partial charge in [0.2, 0.25) is 0 Å². The van der Waals surface area contributed by atoms with Crippen LogP contribution in [0.2, 0.25) is 0 Å². The lowest BCUT2D eigenvalue weighted by atomic mass is 10.5. The molecule has 0 aliphatic heterocycles. The highest BCUT2D eigenvalue weighted by Crippen LogP contribution is 1.92. The molecule has 0 heterocycles. The molecule has 8 heavy (non-hydrogen) atoms. The van der Waals surface area contributed by atoms with E-state index in [1.54, 1.807) is 14.2 Å². The molecule has 0 aliphatic carbocycles. The first-order valence-electron chi connectivity index (χ1n) is 2.53. The van der Waals surface area contributed by atoms with Gasteiger partial charge in [-0.2, -0.15) is 0 Å². The third kappa shape index (κ3) is 2.64. The second kappa shape index (κ2) is 4.65. The van der Waals surface area contributed by atoms with Gasteiger partial charge in [-0.1, -0.05) is 0 Å². The Kier molecular flexibility index (Phi) is 4.36. The third-order valence-electron chi connectivity index (χ3n) is 0.871. The fourth-order valence-electron chi connectivity index (χ4n) is 0.402. The maximum absolute atomic E-state index is 4.88. The normalized spacial score (nSPS) is 11.6. The molecule has 2 nitrogen and oxygen atoms in total. The summed E-state index contributed by atoms with van der Waals surface area (Å²) in [6.07, 6.45) is 1.88. The molecule has 0 amide bonds. The van der Waals surface area contributed by atoms with E-state index < -0.39 is 0 Å². The standard InChI is InChI=1S/C6H12O2/c1-4-6(8-3)5-7-2/h4H,5H2,1-3H3/b6-4+. The minimum absolute atomic E-state index is 0.562. The zero-order valence-electron chi connectivity index (χ0n) is 5.60. The topological polar surface area (TPSA) is 18.5 Å². The molecule has 0 aliphatic rings. The van der Waals surface area contributed by atoms with E-state index in [-0.39, 0.29) is 0 Å². The maximum atomic E-state index is 4.88. The summed E-state index contributed by atoms with van der Waals surface area (Å²) in [7, 11) is 3.27. The lowest BCUT2D eigenvalue weighted by Gasteiger charge is -2.01. The van der Waals surface area contributed by atoms with Crippen LogP contribution < -0.4 is 0 Å². The van der Waals surface area contributed by atoms with Gasteiger partial charge in [-0.25, -0.2) is 0 Å². The van der Waals surface area contributed by atoms with E-state index in [1.807, 2.05) is 13.0 Å². The minimum Gasteiger partial charge on any atom is -0.499 e. The van der Waals surface area contributed by atoms with Gasteiger partial charge in [-0.3, -0.25) is 0 Å². The highest BCUT2D eigenvalue weighted by atomic mass is 16.5. The van der Waals surface area contributed by atoms with Crippen LogP contribution in [0.4, 0.5) is 0 Å². The van der Waals surface area contributed by atoms with Crippen LogP contribution in [0, 0.1) is 0 Å². The van der Waals surface area contributed by atoms with Crippen molar-refractivity contribution in [3.8, 4) is 0 Å². The van der Waals surface area contributed by atoms with Crippen molar-refractivity contribution in [1.82, 2.24) is 0 Å². The number of allylic oxidation sites excluding steroid dienone is 1. The van der Waals surface area contributed by atoms with Crippen LogP contribution >= 0.6 is 0 Å². The van der Waals surface area contributed by atoms with E-state index in [2.05, 4.69) is 0 Å². The summed E-state index contributed by atoms with van der Waals surface area (Å²) in [5.74, 6) is 0.868. The molecule has 2 heteroatoms. The zero-order chi connectivity index (χ0) is 6.41. The van der Waals surface area contributed by atoms with E-state index >= 15 is 0 Å². The van der Waals surface area contributed by atoms with Gasteiger partial charge in [0.1, 0.15) is 12.4 Å². The number of methoxy groups -OCH3 is 2. The van der Waals surface area contributed by atoms with E-state index in [1.165, 1.54) is 0 Å². The Bertz CT molecular complexity index is 76.6. The minimum atomic E-state index is 0.562. The molecule has 0 aromatic heterocycles. The van der Waals surface area contributed by atoms with Crippen molar-refractivity contribution in [3.05, 3.63) is 11.8 Å². The van der Waals surface area contributed by atoms with Gasteiger partial charge in [0, 0.05) is 7.11 Å². The van der Waals surface area contributed by atoms with Crippen LogP contribution in [0.3, 0.4) is 0 Å². The average molecular weight is 116 g/mol. The summed E-state index contributed by atoms with van der Waals surface area (Å²) < 4.78 is 9.67. The second-order valence-electron chi connectivity index (χ2n) is 1.39. The van der Waals surface area contributed by atoms with Gasteiger partial charge in [-0.15, -0.1) is 0 Å². The molecule has 0 unspecified atom stereocenters. The van der Waals surface area contributed by atoms with Crippen molar-refractivity contribution in [3.63, 3.8) is 0 Å². The van der Waals surface area contributed by atoms with Crippen LogP contribution in [0.1, 0.15) is 6.92 Å². The number of rotatable bonds is 3. The number of ether oxygens (including phenoxy) is 2. The van der Waals surface area contributed by atoms with Crippen LogP contribution in [0.25, 0.3) is 0 Å². The molecule has 0 aromatic carbocycles. The molecule has 0 saturated heterocycles. The fraction of sp³-hybridized carbons (Fsp3) is 0.667. The lowest BCUT2D eigenvalue weighted by Crippen LogP contribution is -1.94. The summed E-state index contributed by atoms with van der Waals surface area (Å²) in [6, 6.07) is 0. The van der Waals surface area contributed by atoms with E-state index in [0.717, 1.165) is 5.76 Å². The average Bonchev–Trinajstić information content (AvgIpc) is 1.83. The summed E-state index contributed by atoms with van der Waals surface area (Å²) in [5.41, 5.74) is 0. The fourth-order valence-corrected chi connectivity index (χ4v) is 0.402. The lowest BCUT2D eigenvalue weighted by molar-refractivity contribution is 0.159. The largest absolute Gasteiger partial charge is 0.499 e. The second-order valence-corrected chi connectivity index (χ2v) is 1.39. The molecule has 0 spiro atoms.